The van der Waals surface area contributed by atoms with Crippen LogP contribution in [0.25, 0.3) is 10.2 Å². The molecule has 0 N–H and O–H groups in total. The van der Waals surface area contributed by atoms with E-state index in [9.17, 15) is 9.18 Å². The highest BCUT2D eigenvalue weighted by atomic mass is 35.5. The van der Waals surface area contributed by atoms with Crippen LogP contribution in [0.1, 0.15) is 6.42 Å². The summed E-state index contributed by atoms with van der Waals surface area (Å²) in [6, 6.07) is 13.7. The molecule has 2 aromatic carbocycles. The SMILES string of the molecule is Cl.O=C(COc1ccccc1)N(CCCN1CCOCC1)c1nc2ccc(F)cc2s1. The minimum atomic E-state index is -0.310. The number of fused-ring (bicyclic) bond motifs is 1. The standard InChI is InChI=1S/C22H24FN3O3S.ClH/c23-17-7-8-19-20(15-17)30-22(24-19)26(10-4-9-25-11-13-28-14-12-25)21(27)16-29-18-5-2-1-3-6-18;/h1-3,5-8,15H,4,9-14,16H2;1H. The van der Waals surface area contributed by atoms with Gasteiger partial charge in [-0.15, -0.1) is 12.4 Å². The molecule has 166 valence electrons. The average molecular weight is 466 g/mol. The van der Waals surface area contributed by atoms with Gasteiger partial charge in [0.1, 0.15) is 11.6 Å². The molecule has 6 nitrogen and oxygen atoms in total. The van der Waals surface area contributed by atoms with Crippen molar-refractivity contribution in [1.29, 1.82) is 0 Å². The summed E-state index contributed by atoms with van der Waals surface area (Å²) >= 11 is 1.32. The first-order chi connectivity index (χ1) is 14.7. The van der Waals surface area contributed by atoms with E-state index in [0.29, 0.717) is 22.9 Å². The number of aromatic nitrogens is 1. The van der Waals surface area contributed by atoms with Gasteiger partial charge in [-0.1, -0.05) is 29.5 Å². The van der Waals surface area contributed by atoms with Gasteiger partial charge in [-0.25, -0.2) is 9.37 Å². The minimum absolute atomic E-state index is 0. The molecule has 1 saturated heterocycles. The van der Waals surface area contributed by atoms with Gasteiger partial charge in [-0.05, 0) is 36.8 Å². The third-order valence-corrected chi connectivity index (χ3v) is 5.98. The number of rotatable bonds is 8. The number of hydrogen-bond donors (Lipinski definition) is 0. The number of para-hydroxylation sites is 1. The molecule has 4 rings (SSSR count). The molecule has 2 heterocycles. The van der Waals surface area contributed by atoms with Crippen LogP contribution in [0.3, 0.4) is 0 Å². The maximum atomic E-state index is 13.6. The van der Waals surface area contributed by atoms with E-state index in [2.05, 4.69) is 9.88 Å². The quantitative estimate of drug-likeness (QED) is 0.503. The Morgan fingerprint density at radius 1 is 1.19 bits per heavy atom. The number of halogens is 2. The Morgan fingerprint density at radius 3 is 2.74 bits per heavy atom. The monoisotopic (exact) mass is 465 g/mol. The second kappa shape index (κ2) is 11.4. The van der Waals surface area contributed by atoms with E-state index in [1.165, 1.54) is 23.5 Å². The van der Waals surface area contributed by atoms with E-state index in [-0.39, 0.29) is 30.7 Å². The van der Waals surface area contributed by atoms with Crippen molar-refractivity contribution < 1.29 is 18.7 Å². The zero-order valence-corrected chi connectivity index (χ0v) is 18.7. The third kappa shape index (κ3) is 6.36. The summed E-state index contributed by atoms with van der Waals surface area (Å²) in [6.45, 7) is 4.64. The van der Waals surface area contributed by atoms with Crippen LogP contribution in [0.5, 0.6) is 5.75 Å². The fourth-order valence-corrected chi connectivity index (χ4v) is 4.38. The van der Waals surface area contributed by atoms with Gasteiger partial charge >= 0.3 is 0 Å². The number of morpholine rings is 1. The first-order valence-corrected chi connectivity index (χ1v) is 10.8. The second-order valence-electron chi connectivity index (χ2n) is 7.06. The number of hydrogen-bond acceptors (Lipinski definition) is 6. The molecule has 1 fully saturated rings. The Bertz CT molecular complexity index is 983. The lowest BCUT2D eigenvalue weighted by Gasteiger charge is -2.27. The number of thiazole rings is 1. The number of carbonyl (C=O) groups is 1. The zero-order chi connectivity index (χ0) is 20.8. The fourth-order valence-electron chi connectivity index (χ4n) is 3.35. The van der Waals surface area contributed by atoms with Gasteiger partial charge in [0, 0.05) is 26.2 Å². The van der Waals surface area contributed by atoms with Crippen LogP contribution in [-0.4, -0.2) is 61.8 Å². The van der Waals surface area contributed by atoms with E-state index >= 15 is 0 Å². The third-order valence-electron chi connectivity index (χ3n) is 4.94. The van der Waals surface area contributed by atoms with E-state index in [1.807, 2.05) is 30.3 Å². The van der Waals surface area contributed by atoms with Crippen LogP contribution < -0.4 is 9.64 Å². The van der Waals surface area contributed by atoms with Crippen LogP contribution >= 0.6 is 23.7 Å². The van der Waals surface area contributed by atoms with Crippen LogP contribution in [0.15, 0.2) is 48.5 Å². The zero-order valence-electron chi connectivity index (χ0n) is 17.0. The molecule has 3 aromatic rings. The highest BCUT2D eigenvalue weighted by molar-refractivity contribution is 7.22. The van der Waals surface area contributed by atoms with Crippen molar-refractivity contribution in [3.8, 4) is 5.75 Å². The molecule has 9 heteroatoms. The highest BCUT2D eigenvalue weighted by Gasteiger charge is 2.21. The van der Waals surface area contributed by atoms with E-state index in [1.54, 1.807) is 11.0 Å². The van der Waals surface area contributed by atoms with Crippen LogP contribution in [0, 0.1) is 5.82 Å². The number of ether oxygens (including phenoxy) is 2. The molecule has 1 amide bonds. The molecule has 1 aliphatic rings. The number of carbonyl (C=O) groups excluding carboxylic acids is 1. The summed E-state index contributed by atoms with van der Waals surface area (Å²) in [7, 11) is 0. The Hall–Kier alpha value is -2.26. The Balaban J connectivity index is 0.00000272. The summed E-state index contributed by atoms with van der Waals surface area (Å²) in [5, 5.41) is 0.569. The Kier molecular flexibility index (Phi) is 8.60. The summed E-state index contributed by atoms with van der Waals surface area (Å²) < 4.78 is 25.4. The van der Waals surface area contributed by atoms with Crippen LogP contribution in [-0.2, 0) is 9.53 Å². The van der Waals surface area contributed by atoms with Gasteiger partial charge in [-0.3, -0.25) is 14.6 Å². The van der Waals surface area contributed by atoms with Gasteiger partial charge in [0.2, 0.25) is 0 Å². The maximum absolute atomic E-state index is 13.6. The minimum Gasteiger partial charge on any atom is -0.484 e. The summed E-state index contributed by atoms with van der Waals surface area (Å²) in [4.78, 5) is 21.6. The van der Waals surface area contributed by atoms with Crippen molar-refractivity contribution in [2.75, 3.05) is 50.9 Å². The predicted octanol–water partition coefficient (Wildman–Crippen LogP) is 3.99. The first-order valence-electron chi connectivity index (χ1n) is 10.0. The molecule has 0 spiro atoms. The number of benzene rings is 2. The Morgan fingerprint density at radius 2 is 1.97 bits per heavy atom. The largest absolute Gasteiger partial charge is 0.484 e. The lowest BCUT2D eigenvalue weighted by atomic mass is 10.3. The average Bonchev–Trinajstić information content (AvgIpc) is 3.19. The molecule has 0 atom stereocenters. The second-order valence-corrected chi connectivity index (χ2v) is 8.07. The van der Waals surface area contributed by atoms with Crippen molar-refractivity contribution >= 4 is 45.0 Å². The summed E-state index contributed by atoms with van der Waals surface area (Å²) in [5.74, 6) is 0.168. The maximum Gasteiger partial charge on any atom is 0.266 e. The van der Waals surface area contributed by atoms with Gasteiger partial charge in [0.25, 0.3) is 5.91 Å². The highest BCUT2D eigenvalue weighted by Crippen LogP contribution is 2.29. The first kappa shape index (κ1) is 23.4. The lowest BCUT2D eigenvalue weighted by molar-refractivity contribution is -0.120. The van der Waals surface area contributed by atoms with Gasteiger partial charge in [0.05, 0.1) is 23.4 Å². The van der Waals surface area contributed by atoms with Gasteiger partial charge in [0.15, 0.2) is 11.7 Å². The van der Waals surface area contributed by atoms with Crippen molar-refractivity contribution in [3.05, 3.63) is 54.3 Å². The van der Waals surface area contributed by atoms with Gasteiger partial charge in [-0.2, -0.15) is 0 Å². The van der Waals surface area contributed by atoms with Crippen LogP contribution in [0.2, 0.25) is 0 Å². The van der Waals surface area contributed by atoms with E-state index < -0.39 is 0 Å². The predicted molar refractivity (Wildman–Crippen MR) is 123 cm³/mol. The summed E-state index contributed by atoms with van der Waals surface area (Å²) in [5.41, 5.74) is 0.686. The molecule has 1 aliphatic heterocycles. The number of nitrogens with zero attached hydrogens (tertiary/aromatic N) is 3. The molecule has 0 radical (unpaired) electrons. The lowest BCUT2D eigenvalue weighted by Crippen LogP contribution is -2.40. The molecule has 0 unspecified atom stereocenters. The summed E-state index contributed by atoms with van der Waals surface area (Å²) in [6.07, 6.45) is 0.807. The molecule has 0 bridgehead atoms. The molecule has 31 heavy (non-hydrogen) atoms. The molecular formula is C22H25ClFN3O3S. The number of amides is 1. The van der Waals surface area contributed by atoms with E-state index in [4.69, 9.17) is 9.47 Å². The van der Waals surface area contributed by atoms with Crippen molar-refractivity contribution in [2.45, 2.75) is 6.42 Å². The number of anilines is 1. The topological polar surface area (TPSA) is 54.9 Å². The molecule has 0 aliphatic carbocycles. The smallest absolute Gasteiger partial charge is 0.266 e. The van der Waals surface area contributed by atoms with Crippen molar-refractivity contribution in [1.82, 2.24) is 9.88 Å². The van der Waals surface area contributed by atoms with Crippen molar-refractivity contribution in [2.24, 2.45) is 0 Å². The Labute approximate surface area is 191 Å². The van der Waals surface area contributed by atoms with E-state index in [0.717, 1.165) is 44.0 Å². The fraction of sp³-hybridized carbons (Fsp3) is 0.364. The normalized spacial score (nSPS) is 14.2. The van der Waals surface area contributed by atoms with Crippen LogP contribution in [0.4, 0.5) is 9.52 Å². The molecule has 0 saturated carbocycles. The van der Waals surface area contributed by atoms with Gasteiger partial charge < -0.3 is 9.47 Å². The van der Waals surface area contributed by atoms with Crippen molar-refractivity contribution in [3.63, 3.8) is 0 Å². The molecule has 1 aromatic heterocycles. The molecular weight excluding hydrogens is 441 g/mol.